The van der Waals surface area contributed by atoms with Crippen molar-refractivity contribution < 1.29 is 13.9 Å². The molecule has 2 aromatic rings. The Morgan fingerprint density at radius 1 is 1.25 bits per heavy atom. The third kappa shape index (κ3) is 5.31. The van der Waals surface area contributed by atoms with E-state index >= 15 is 0 Å². The molecule has 1 aromatic carbocycles. The summed E-state index contributed by atoms with van der Waals surface area (Å²) in [5.74, 6) is 1.65. The quantitative estimate of drug-likeness (QED) is 0.678. The van der Waals surface area contributed by atoms with Gasteiger partial charge in [0.25, 0.3) is 5.91 Å². The van der Waals surface area contributed by atoms with Gasteiger partial charge in [0.2, 0.25) is 0 Å². The second-order valence-electron chi connectivity index (χ2n) is 6.76. The van der Waals surface area contributed by atoms with E-state index in [0.717, 1.165) is 24.7 Å². The lowest BCUT2D eigenvalue weighted by atomic mass is 10.3. The molecule has 0 saturated carbocycles. The average Bonchev–Trinajstić information content (AvgIpc) is 3.21. The molecule has 7 nitrogen and oxygen atoms in total. The van der Waals surface area contributed by atoms with Crippen LogP contribution in [0.1, 0.15) is 25.6 Å². The fourth-order valence-corrected chi connectivity index (χ4v) is 3.05. The SMILES string of the molecule is Cc1nc(NCCNC(=O)C(C)Oc2ccccc2F)cc(N2CCCC2)n1. The summed E-state index contributed by atoms with van der Waals surface area (Å²) in [7, 11) is 0. The number of para-hydroxylation sites is 1. The van der Waals surface area contributed by atoms with Gasteiger partial charge in [-0.15, -0.1) is 0 Å². The molecule has 1 atom stereocenters. The van der Waals surface area contributed by atoms with Gasteiger partial charge < -0.3 is 20.3 Å². The number of hydrogen-bond donors (Lipinski definition) is 2. The van der Waals surface area contributed by atoms with Gasteiger partial charge in [0.1, 0.15) is 17.5 Å². The number of ether oxygens (including phenoxy) is 1. The number of anilines is 2. The Hall–Kier alpha value is -2.90. The van der Waals surface area contributed by atoms with Crippen LogP contribution in [0.3, 0.4) is 0 Å². The Balaban J connectivity index is 1.45. The summed E-state index contributed by atoms with van der Waals surface area (Å²) in [5, 5.41) is 5.98. The molecule has 0 aliphatic carbocycles. The van der Waals surface area contributed by atoms with Gasteiger partial charge in [0.15, 0.2) is 17.7 Å². The molecule has 150 valence electrons. The molecule has 1 saturated heterocycles. The first-order valence-electron chi connectivity index (χ1n) is 9.56. The topological polar surface area (TPSA) is 79.4 Å². The van der Waals surface area contributed by atoms with E-state index in [1.165, 1.54) is 25.0 Å². The first-order valence-corrected chi connectivity index (χ1v) is 9.56. The predicted molar refractivity (Wildman–Crippen MR) is 106 cm³/mol. The number of amides is 1. The molecule has 3 rings (SSSR count). The molecule has 0 radical (unpaired) electrons. The molecular weight excluding hydrogens is 361 g/mol. The molecule has 1 aliphatic rings. The Morgan fingerprint density at radius 2 is 2.00 bits per heavy atom. The Bertz CT molecular complexity index is 811. The minimum Gasteiger partial charge on any atom is -0.478 e. The van der Waals surface area contributed by atoms with Crippen LogP contribution in [0.2, 0.25) is 0 Å². The minimum atomic E-state index is -0.792. The maximum absolute atomic E-state index is 13.6. The molecular formula is C20H26FN5O2. The minimum absolute atomic E-state index is 0.0641. The van der Waals surface area contributed by atoms with Gasteiger partial charge >= 0.3 is 0 Å². The predicted octanol–water partition coefficient (Wildman–Crippen LogP) is 2.52. The van der Waals surface area contributed by atoms with Gasteiger partial charge in [0, 0.05) is 32.2 Å². The van der Waals surface area contributed by atoms with Gasteiger partial charge in [-0.2, -0.15) is 0 Å². The largest absolute Gasteiger partial charge is 0.478 e. The van der Waals surface area contributed by atoms with Gasteiger partial charge in [-0.05, 0) is 38.8 Å². The van der Waals surface area contributed by atoms with E-state index in [4.69, 9.17) is 4.74 Å². The summed E-state index contributed by atoms with van der Waals surface area (Å²) in [6.45, 7) is 6.40. The maximum atomic E-state index is 13.6. The number of rotatable bonds is 8. The normalized spacial score (nSPS) is 14.6. The molecule has 1 fully saturated rings. The Labute approximate surface area is 164 Å². The van der Waals surface area contributed by atoms with Crippen LogP contribution in [-0.2, 0) is 4.79 Å². The van der Waals surface area contributed by atoms with Gasteiger partial charge in [-0.25, -0.2) is 14.4 Å². The van der Waals surface area contributed by atoms with Crippen molar-refractivity contribution in [2.45, 2.75) is 32.8 Å². The number of aromatic nitrogens is 2. The summed E-state index contributed by atoms with van der Waals surface area (Å²) < 4.78 is 19.0. The molecule has 1 unspecified atom stereocenters. The highest BCUT2D eigenvalue weighted by atomic mass is 19.1. The number of carbonyl (C=O) groups is 1. The van der Waals surface area contributed by atoms with Crippen molar-refractivity contribution in [3.63, 3.8) is 0 Å². The van der Waals surface area contributed by atoms with E-state index in [1.807, 2.05) is 13.0 Å². The lowest BCUT2D eigenvalue weighted by molar-refractivity contribution is -0.127. The number of benzene rings is 1. The van der Waals surface area contributed by atoms with Crippen LogP contribution in [0.15, 0.2) is 30.3 Å². The third-order valence-electron chi connectivity index (χ3n) is 4.49. The van der Waals surface area contributed by atoms with Crippen LogP contribution in [-0.4, -0.2) is 48.2 Å². The first-order chi connectivity index (χ1) is 13.5. The number of aryl methyl sites for hydroxylation is 1. The molecule has 8 heteroatoms. The van der Waals surface area contributed by atoms with E-state index in [1.54, 1.807) is 19.1 Å². The Kier molecular flexibility index (Phi) is 6.62. The molecule has 28 heavy (non-hydrogen) atoms. The maximum Gasteiger partial charge on any atom is 0.260 e. The van der Waals surface area contributed by atoms with E-state index in [9.17, 15) is 9.18 Å². The zero-order valence-electron chi connectivity index (χ0n) is 16.2. The standard InChI is InChI=1S/C20H26FN5O2/c1-14(28-17-8-4-3-7-16(17)21)20(27)23-10-9-22-18-13-19(25-15(2)24-18)26-11-5-6-12-26/h3-4,7-8,13-14H,5-6,9-12H2,1-2H3,(H,23,27)(H,22,24,25). The second kappa shape index (κ2) is 9.34. The van der Waals surface area contributed by atoms with E-state index in [-0.39, 0.29) is 11.7 Å². The van der Waals surface area contributed by atoms with Crippen molar-refractivity contribution >= 4 is 17.5 Å². The fraction of sp³-hybridized carbons (Fsp3) is 0.450. The first kappa shape index (κ1) is 19.9. The second-order valence-corrected chi connectivity index (χ2v) is 6.76. The molecule has 2 heterocycles. The molecule has 1 amide bonds. The highest BCUT2D eigenvalue weighted by Crippen LogP contribution is 2.20. The van der Waals surface area contributed by atoms with Crippen molar-refractivity contribution in [2.75, 3.05) is 36.4 Å². The smallest absolute Gasteiger partial charge is 0.260 e. The van der Waals surface area contributed by atoms with Gasteiger partial charge in [-0.3, -0.25) is 4.79 Å². The summed E-state index contributed by atoms with van der Waals surface area (Å²) >= 11 is 0. The van der Waals surface area contributed by atoms with E-state index < -0.39 is 11.9 Å². The van der Waals surface area contributed by atoms with Crippen LogP contribution in [0.5, 0.6) is 5.75 Å². The molecule has 1 aromatic heterocycles. The summed E-state index contributed by atoms with van der Waals surface area (Å²) in [4.78, 5) is 23.3. The summed E-state index contributed by atoms with van der Waals surface area (Å²) in [6.07, 6.45) is 1.58. The van der Waals surface area contributed by atoms with Crippen LogP contribution >= 0.6 is 0 Å². The fourth-order valence-electron chi connectivity index (χ4n) is 3.05. The van der Waals surface area contributed by atoms with Gasteiger partial charge in [0.05, 0.1) is 0 Å². The van der Waals surface area contributed by atoms with Gasteiger partial charge in [-0.1, -0.05) is 12.1 Å². The number of nitrogens with one attached hydrogen (secondary N) is 2. The lowest BCUT2D eigenvalue weighted by Crippen LogP contribution is -2.38. The highest BCUT2D eigenvalue weighted by Gasteiger charge is 2.17. The number of carbonyl (C=O) groups excluding carboxylic acids is 1. The lowest BCUT2D eigenvalue weighted by Gasteiger charge is -2.18. The van der Waals surface area contributed by atoms with Crippen molar-refractivity contribution in [3.05, 3.63) is 42.0 Å². The van der Waals surface area contributed by atoms with Crippen molar-refractivity contribution in [3.8, 4) is 5.75 Å². The van der Waals surface area contributed by atoms with E-state index in [0.29, 0.717) is 18.9 Å². The highest BCUT2D eigenvalue weighted by molar-refractivity contribution is 5.80. The molecule has 0 bridgehead atoms. The Morgan fingerprint density at radius 3 is 2.75 bits per heavy atom. The van der Waals surface area contributed by atoms with Crippen molar-refractivity contribution in [1.82, 2.24) is 15.3 Å². The zero-order valence-corrected chi connectivity index (χ0v) is 16.2. The average molecular weight is 387 g/mol. The van der Waals surface area contributed by atoms with Crippen molar-refractivity contribution in [2.24, 2.45) is 0 Å². The monoisotopic (exact) mass is 387 g/mol. The third-order valence-corrected chi connectivity index (χ3v) is 4.49. The molecule has 2 N–H and O–H groups in total. The van der Waals surface area contributed by atoms with Crippen LogP contribution < -0.4 is 20.3 Å². The summed E-state index contributed by atoms with van der Waals surface area (Å²) in [6, 6.07) is 7.96. The van der Waals surface area contributed by atoms with Crippen LogP contribution in [0.25, 0.3) is 0 Å². The number of hydrogen-bond acceptors (Lipinski definition) is 6. The van der Waals surface area contributed by atoms with Crippen LogP contribution in [0.4, 0.5) is 16.0 Å². The van der Waals surface area contributed by atoms with E-state index in [2.05, 4.69) is 25.5 Å². The zero-order chi connectivity index (χ0) is 19.9. The summed E-state index contributed by atoms with van der Waals surface area (Å²) in [5.41, 5.74) is 0. The molecule has 1 aliphatic heterocycles. The number of halogens is 1. The van der Waals surface area contributed by atoms with Crippen molar-refractivity contribution in [1.29, 1.82) is 0 Å². The molecule has 0 spiro atoms. The number of nitrogens with zero attached hydrogens (tertiary/aromatic N) is 3. The van der Waals surface area contributed by atoms with Crippen LogP contribution in [0, 0.1) is 12.7 Å².